The Morgan fingerprint density at radius 2 is 1.80 bits per heavy atom. The van der Waals surface area contributed by atoms with E-state index < -0.39 is 4.92 Å². The van der Waals surface area contributed by atoms with E-state index in [4.69, 9.17) is 0 Å². The molecule has 1 N–H and O–H groups in total. The maximum Gasteiger partial charge on any atom is 0.293 e. The highest BCUT2D eigenvalue weighted by atomic mass is 16.6. The van der Waals surface area contributed by atoms with E-state index in [1.807, 2.05) is 42.5 Å². The van der Waals surface area contributed by atoms with Crippen LogP contribution in [0, 0.1) is 10.1 Å². The standard InChI is InChI=1S/C19H17N3O3/c1-20-16-11-10-14(12-18(16)22(24)25)19(23)21(2)17-9-5-7-13-6-3-4-8-15(13)17/h3-12,20H,1-2H3. The fraction of sp³-hybridized carbons (Fsp3) is 0.105. The van der Waals surface area contributed by atoms with Crippen LogP contribution in [0.25, 0.3) is 10.8 Å². The molecule has 6 nitrogen and oxygen atoms in total. The summed E-state index contributed by atoms with van der Waals surface area (Å²) in [5, 5.41) is 15.9. The van der Waals surface area contributed by atoms with Crippen LogP contribution in [-0.4, -0.2) is 24.9 Å². The monoisotopic (exact) mass is 335 g/mol. The second kappa shape index (κ2) is 6.60. The summed E-state index contributed by atoms with van der Waals surface area (Å²) in [5.74, 6) is -0.304. The lowest BCUT2D eigenvalue weighted by molar-refractivity contribution is -0.384. The van der Waals surface area contributed by atoms with Gasteiger partial charge in [-0.25, -0.2) is 0 Å². The Morgan fingerprint density at radius 1 is 1.08 bits per heavy atom. The predicted octanol–water partition coefficient (Wildman–Crippen LogP) is 4.07. The lowest BCUT2D eigenvalue weighted by Crippen LogP contribution is -2.26. The number of fused-ring (bicyclic) bond motifs is 1. The second-order valence-electron chi connectivity index (χ2n) is 5.60. The lowest BCUT2D eigenvalue weighted by Gasteiger charge is -2.19. The van der Waals surface area contributed by atoms with E-state index in [0.29, 0.717) is 5.69 Å². The molecule has 25 heavy (non-hydrogen) atoms. The van der Waals surface area contributed by atoms with Gasteiger partial charge < -0.3 is 10.2 Å². The van der Waals surface area contributed by atoms with Crippen molar-refractivity contribution in [2.75, 3.05) is 24.3 Å². The van der Waals surface area contributed by atoms with E-state index in [-0.39, 0.29) is 17.2 Å². The number of hydrogen-bond acceptors (Lipinski definition) is 4. The molecule has 0 bridgehead atoms. The van der Waals surface area contributed by atoms with Gasteiger partial charge in [-0.05, 0) is 23.6 Å². The van der Waals surface area contributed by atoms with Crippen molar-refractivity contribution in [3.8, 4) is 0 Å². The molecule has 0 fully saturated rings. The minimum Gasteiger partial charge on any atom is -0.383 e. The fourth-order valence-electron chi connectivity index (χ4n) is 2.83. The summed E-state index contributed by atoms with van der Waals surface area (Å²) >= 11 is 0. The molecule has 0 heterocycles. The third-order valence-corrected chi connectivity index (χ3v) is 4.14. The number of nitro groups is 1. The van der Waals surface area contributed by atoms with Crippen LogP contribution in [0.4, 0.5) is 17.1 Å². The molecule has 1 amide bonds. The number of benzene rings is 3. The molecule has 0 aliphatic carbocycles. The lowest BCUT2D eigenvalue weighted by atomic mass is 10.1. The molecule has 6 heteroatoms. The average Bonchev–Trinajstić information content (AvgIpc) is 2.65. The summed E-state index contributed by atoms with van der Waals surface area (Å²) in [4.78, 5) is 25.1. The van der Waals surface area contributed by atoms with Crippen LogP contribution >= 0.6 is 0 Å². The SMILES string of the molecule is CNc1ccc(C(=O)N(C)c2cccc3ccccc23)cc1[N+](=O)[O-]. The number of hydrogen-bond donors (Lipinski definition) is 1. The highest BCUT2D eigenvalue weighted by Crippen LogP contribution is 2.29. The minimum atomic E-state index is -0.499. The van der Waals surface area contributed by atoms with Gasteiger partial charge in [0.1, 0.15) is 5.69 Å². The summed E-state index contributed by atoms with van der Waals surface area (Å²) in [6, 6.07) is 17.9. The van der Waals surface area contributed by atoms with E-state index in [1.165, 1.54) is 11.0 Å². The van der Waals surface area contributed by atoms with Crippen LogP contribution in [0.1, 0.15) is 10.4 Å². The molecular weight excluding hydrogens is 318 g/mol. The highest BCUT2D eigenvalue weighted by Gasteiger charge is 2.20. The number of anilines is 2. The van der Waals surface area contributed by atoms with E-state index in [0.717, 1.165) is 16.5 Å². The maximum absolute atomic E-state index is 12.8. The van der Waals surface area contributed by atoms with Crippen molar-refractivity contribution in [3.63, 3.8) is 0 Å². The number of nitro benzene ring substituents is 1. The molecule has 3 aromatic carbocycles. The first-order chi connectivity index (χ1) is 12.0. The molecule has 0 radical (unpaired) electrons. The Balaban J connectivity index is 2.03. The smallest absolute Gasteiger partial charge is 0.293 e. The number of carbonyl (C=O) groups excluding carboxylic acids is 1. The first-order valence-corrected chi connectivity index (χ1v) is 7.75. The number of carbonyl (C=O) groups is 1. The molecule has 0 aliphatic rings. The number of amides is 1. The van der Waals surface area contributed by atoms with Crippen LogP contribution in [0.3, 0.4) is 0 Å². The molecule has 0 saturated heterocycles. The maximum atomic E-state index is 12.8. The second-order valence-corrected chi connectivity index (χ2v) is 5.60. The molecule has 0 atom stereocenters. The van der Waals surface area contributed by atoms with Gasteiger partial charge in [-0.3, -0.25) is 14.9 Å². The van der Waals surface area contributed by atoms with Gasteiger partial charge >= 0.3 is 0 Å². The Kier molecular flexibility index (Phi) is 4.35. The van der Waals surface area contributed by atoms with Crippen molar-refractivity contribution in [2.24, 2.45) is 0 Å². The molecule has 0 saturated carbocycles. The zero-order valence-corrected chi connectivity index (χ0v) is 13.9. The van der Waals surface area contributed by atoms with Crippen LogP contribution in [-0.2, 0) is 0 Å². The quantitative estimate of drug-likeness (QED) is 0.576. The van der Waals surface area contributed by atoms with Gasteiger partial charge in [0.05, 0.1) is 10.6 Å². The van der Waals surface area contributed by atoms with Crippen molar-refractivity contribution < 1.29 is 9.72 Å². The van der Waals surface area contributed by atoms with Crippen molar-refractivity contribution >= 4 is 33.7 Å². The number of nitrogens with zero attached hydrogens (tertiary/aromatic N) is 2. The third-order valence-electron chi connectivity index (χ3n) is 4.14. The van der Waals surface area contributed by atoms with Crippen LogP contribution in [0.5, 0.6) is 0 Å². The largest absolute Gasteiger partial charge is 0.383 e. The Morgan fingerprint density at radius 3 is 2.52 bits per heavy atom. The van der Waals surface area contributed by atoms with Crippen molar-refractivity contribution in [1.29, 1.82) is 0 Å². The van der Waals surface area contributed by atoms with Crippen molar-refractivity contribution in [1.82, 2.24) is 0 Å². The van der Waals surface area contributed by atoms with Crippen LogP contribution < -0.4 is 10.2 Å². The minimum absolute atomic E-state index is 0.125. The summed E-state index contributed by atoms with van der Waals surface area (Å²) in [5.41, 5.74) is 1.26. The van der Waals surface area contributed by atoms with E-state index in [9.17, 15) is 14.9 Å². The molecular formula is C19H17N3O3. The summed E-state index contributed by atoms with van der Waals surface area (Å²) in [6.45, 7) is 0. The Hall–Kier alpha value is -3.41. The van der Waals surface area contributed by atoms with Gasteiger partial charge in [0.15, 0.2) is 0 Å². The highest BCUT2D eigenvalue weighted by molar-refractivity contribution is 6.10. The van der Waals surface area contributed by atoms with Gasteiger partial charge in [-0.2, -0.15) is 0 Å². The van der Waals surface area contributed by atoms with E-state index in [1.54, 1.807) is 26.2 Å². The fourth-order valence-corrected chi connectivity index (χ4v) is 2.83. The topological polar surface area (TPSA) is 75.5 Å². The summed E-state index contributed by atoms with van der Waals surface area (Å²) in [7, 11) is 3.27. The van der Waals surface area contributed by atoms with Gasteiger partial charge in [0.25, 0.3) is 11.6 Å². The predicted molar refractivity (Wildman–Crippen MR) is 99.3 cm³/mol. The molecule has 3 aromatic rings. The molecule has 126 valence electrons. The van der Waals surface area contributed by atoms with E-state index >= 15 is 0 Å². The average molecular weight is 335 g/mol. The van der Waals surface area contributed by atoms with Crippen molar-refractivity contribution in [2.45, 2.75) is 0 Å². The normalized spacial score (nSPS) is 10.5. The van der Waals surface area contributed by atoms with Gasteiger partial charge in [-0.15, -0.1) is 0 Å². The third kappa shape index (κ3) is 3.01. The zero-order valence-electron chi connectivity index (χ0n) is 13.9. The van der Waals surface area contributed by atoms with Crippen LogP contribution in [0.2, 0.25) is 0 Å². The zero-order chi connectivity index (χ0) is 18.0. The van der Waals surface area contributed by atoms with Gasteiger partial charge in [0, 0.05) is 31.1 Å². The van der Waals surface area contributed by atoms with E-state index in [2.05, 4.69) is 5.32 Å². The Bertz CT molecular complexity index is 964. The molecule has 0 unspecified atom stereocenters. The van der Waals surface area contributed by atoms with Gasteiger partial charge in [-0.1, -0.05) is 36.4 Å². The molecule has 0 aromatic heterocycles. The van der Waals surface area contributed by atoms with Crippen LogP contribution in [0.15, 0.2) is 60.7 Å². The number of rotatable bonds is 4. The van der Waals surface area contributed by atoms with Gasteiger partial charge in [0.2, 0.25) is 0 Å². The first-order valence-electron chi connectivity index (χ1n) is 7.75. The summed E-state index contributed by atoms with van der Waals surface area (Å²) < 4.78 is 0. The number of nitrogens with one attached hydrogen (secondary N) is 1. The van der Waals surface area contributed by atoms with Crippen molar-refractivity contribution in [3.05, 3.63) is 76.3 Å². The Labute approximate surface area is 144 Å². The summed E-state index contributed by atoms with van der Waals surface area (Å²) in [6.07, 6.45) is 0. The molecule has 3 rings (SSSR count). The molecule has 0 spiro atoms. The first kappa shape index (κ1) is 16.4. The molecule has 0 aliphatic heterocycles.